The average Bonchev–Trinajstić information content (AvgIpc) is 3.53. The van der Waals surface area contributed by atoms with Crippen LogP contribution >= 0.6 is 0 Å². The van der Waals surface area contributed by atoms with E-state index in [2.05, 4.69) is 74.4 Å². The van der Waals surface area contributed by atoms with Crippen molar-refractivity contribution in [1.29, 1.82) is 16.2 Å². The molecule has 29 N–H and O–H groups in total. The molecule has 0 aromatic heterocycles. The number of nitrogens with two attached hydrogens (primary N) is 4. The maximum atomic E-state index is 13.5. The zero-order valence-corrected chi connectivity index (χ0v) is 45.8. The van der Waals surface area contributed by atoms with Crippen LogP contribution in [0.5, 0.6) is 0 Å². The Kier molecular flexibility index (Phi) is 35.2. The lowest BCUT2D eigenvalue weighted by Gasteiger charge is -2.25. The van der Waals surface area contributed by atoms with Gasteiger partial charge in [-0.05, 0) is 52.4 Å². The van der Waals surface area contributed by atoms with Crippen LogP contribution in [0.15, 0.2) is 0 Å². The summed E-state index contributed by atoms with van der Waals surface area (Å²) in [5, 5.41) is 83.2. The van der Waals surface area contributed by atoms with E-state index in [1.807, 2.05) is 5.32 Å². The van der Waals surface area contributed by atoms with E-state index in [0.717, 1.165) is 0 Å². The molecule has 470 valence electrons. The van der Waals surface area contributed by atoms with Crippen molar-refractivity contribution in [3.05, 3.63) is 0 Å². The van der Waals surface area contributed by atoms with Crippen LogP contribution in [0.4, 0.5) is 0 Å². The SMILES string of the molecule is C[C@H](NC(=O)CNC(=O)[C@@H](N)CCCNC(=N)N)C(=O)N[C@@H](CC(=O)O)C(=O)N[C@@H](CCCNC(=N)N)C(=O)N[C@@H](C)C(=O)NCC(=O)NCC(=O)NCC(=O)NCC(=O)N[C@@H](CCCNC(=N)N)C(=O)NCC(=O)N[C@@H](CC(=O)O)C(=O)O. The second-order valence-electron chi connectivity index (χ2n) is 18.0. The van der Waals surface area contributed by atoms with Crippen LogP contribution in [0.1, 0.15) is 65.2 Å². The van der Waals surface area contributed by atoms with Crippen molar-refractivity contribution in [2.75, 3.05) is 58.9 Å². The predicted molar refractivity (Wildman–Crippen MR) is 289 cm³/mol. The number of hydrogen-bond donors (Lipinski definition) is 25. The minimum Gasteiger partial charge on any atom is -0.481 e. The number of amides is 12. The molecule has 12 amide bonds. The number of carbonyl (C=O) groups is 15. The number of carboxylic acids is 3. The van der Waals surface area contributed by atoms with E-state index in [4.69, 9.17) is 49.4 Å². The van der Waals surface area contributed by atoms with Gasteiger partial charge < -0.3 is 118 Å². The third-order valence-corrected chi connectivity index (χ3v) is 10.8. The Hall–Kier alpha value is -10.2. The highest BCUT2D eigenvalue weighted by Gasteiger charge is 2.32. The van der Waals surface area contributed by atoms with Crippen LogP contribution in [0.2, 0.25) is 0 Å². The molecule has 84 heavy (non-hydrogen) atoms. The Morgan fingerprint density at radius 1 is 0.357 bits per heavy atom. The summed E-state index contributed by atoms with van der Waals surface area (Å²) in [7, 11) is 0. The van der Waals surface area contributed by atoms with Gasteiger partial charge in [0.1, 0.15) is 36.3 Å². The van der Waals surface area contributed by atoms with Crippen molar-refractivity contribution in [3.63, 3.8) is 0 Å². The summed E-state index contributed by atoms with van der Waals surface area (Å²) in [6.07, 6.45) is -1.57. The van der Waals surface area contributed by atoms with Crippen molar-refractivity contribution in [2.24, 2.45) is 22.9 Å². The van der Waals surface area contributed by atoms with Gasteiger partial charge in [0.15, 0.2) is 17.9 Å². The Morgan fingerprint density at radius 3 is 1.14 bits per heavy atom. The van der Waals surface area contributed by atoms with Gasteiger partial charge in [-0.25, -0.2) is 4.79 Å². The van der Waals surface area contributed by atoms with E-state index >= 15 is 0 Å². The molecule has 0 saturated carbocycles. The fourth-order valence-corrected chi connectivity index (χ4v) is 6.46. The standard InChI is InChI=1S/C44H76N22O18/c1-20(62-39(81)24(8-5-11-54-44(50)51)65-40(82)25(12-33(73)74)66-36(78)21(2)61-30(70)18-59-37(79)22(45)6-3-9-52-42(46)47)35(77)58-16-29(69)56-14-27(67)55-15-28(68)57-17-31(71)63-23(7-4-10-53-43(48)49)38(80)60-19-32(72)64-26(41(83)84)13-34(75)76/h20-26H,3-19,45H2,1-2H3,(H,55,67)(H,56,69)(H,57,68)(H,58,77)(H,59,79)(H,60,80)(H,61,70)(H,62,81)(H,63,71)(H,64,72)(H,65,82)(H,66,78)(H,73,74)(H,75,76)(H,83,84)(H4,46,47,52)(H4,48,49,53)(H4,50,51,54)/t20-,21-,22-,23-,24-,25-,26-/m0/s1. The summed E-state index contributed by atoms with van der Waals surface area (Å²) in [6.45, 7) is -1.66. The maximum absolute atomic E-state index is 13.5. The zero-order valence-electron chi connectivity index (χ0n) is 45.8. The summed E-state index contributed by atoms with van der Waals surface area (Å²) < 4.78 is 0. The number of carbonyl (C=O) groups excluding carboxylic acids is 12. The molecule has 0 aliphatic carbocycles. The van der Waals surface area contributed by atoms with Gasteiger partial charge in [-0.15, -0.1) is 0 Å². The van der Waals surface area contributed by atoms with Crippen molar-refractivity contribution in [3.8, 4) is 0 Å². The number of carboxylic acid groups (broad SMARTS) is 3. The fraction of sp³-hybridized carbons (Fsp3) is 0.591. The van der Waals surface area contributed by atoms with Gasteiger partial charge >= 0.3 is 17.9 Å². The second-order valence-corrected chi connectivity index (χ2v) is 18.0. The first-order chi connectivity index (χ1) is 39.3. The molecular formula is C44H76N22O18. The lowest BCUT2D eigenvalue weighted by atomic mass is 10.1. The molecule has 0 aliphatic rings. The number of nitrogens with one attached hydrogen (secondary N) is 18. The molecular weight excluding hydrogens is 1120 g/mol. The molecule has 0 aromatic carbocycles. The van der Waals surface area contributed by atoms with E-state index in [9.17, 15) is 77.0 Å². The largest absolute Gasteiger partial charge is 0.481 e. The van der Waals surface area contributed by atoms with Crippen LogP contribution in [0.25, 0.3) is 0 Å². The highest BCUT2D eigenvalue weighted by Crippen LogP contribution is 2.04. The van der Waals surface area contributed by atoms with E-state index < -0.39 is 195 Å². The first-order valence-corrected chi connectivity index (χ1v) is 25.4. The van der Waals surface area contributed by atoms with Crippen LogP contribution in [-0.4, -0.2) is 223 Å². The first-order valence-electron chi connectivity index (χ1n) is 25.4. The molecule has 40 heteroatoms. The third-order valence-electron chi connectivity index (χ3n) is 10.8. The number of aliphatic carboxylic acids is 3. The number of guanidine groups is 3. The predicted octanol–water partition coefficient (Wildman–Crippen LogP) is -12.2. The van der Waals surface area contributed by atoms with Gasteiger partial charge in [0.05, 0.1) is 58.2 Å². The molecule has 0 fully saturated rings. The lowest BCUT2D eigenvalue weighted by Crippen LogP contribution is -2.58. The van der Waals surface area contributed by atoms with Crippen molar-refractivity contribution >= 4 is 107 Å². The van der Waals surface area contributed by atoms with Crippen molar-refractivity contribution < 1.29 is 87.2 Å². The molecule has 0 rings (SSSR count). The van der Waals surface area contributed by atoms with E-state index in [1.54, 1.807) is 0 Å². The first kappa shape index (κ1) is 73.8. The molecule has 40 nitrogen and oxygen atoms in total. The number of rotatable bonds is 41. The Balaban J connectivity index is 5.34. The van der Waals surface area contributed by atoms with Crippen LogP contribution in [-0.2, 0) is 71.9 Å². The smallest absolute Gasteiger partial charge is 0.326 e. The summed E-state index contributed by atoms with van der Waals surface area (Å²) >= 11 is 0. The van der Waals surface area contributed by atoms with E-state index in [-0.39, 0.29) is 57.7 Å². The van der Waals surface area contributed by atoms with Gasteiger partial charge in [0.25, 0.3) is 0 Å². The van der Waals surface area contributed by atoms with Gasteiger partial charge in [-0.1, -0.05) is 0 Å². The minimum absolute atomic E-state index is 0.00565. The molecule has 0 saturated heterocycles. The average molecular weight is 1200 g/mol. The molecule has 0 aliphatic heterocycles. The minimum atomic E-state index is -1.84. The van der Waals surface area contributed by atoms with Gasteiger partial charge in [0, 0.05) is 19.6 Å². The number of hydrogen-bond acceptors (Lipinski definition) is 19. The highest BCUT2D eigenvalue weighted by molar-refractivity contribution is 5.98. The van der Waals surface area contributed by atoms with Gasteiger partial charge in [-0.2, -0.15) is 0 Å². The normalized spacial score (nSPS) is 12.9. The fourth-order valence-electron chi connectivity index (χ4n) is 6.46. The summed E-state index contributed by atoms with van der Waals surface area (Å²) in [5.41, 5.74) is 21.5. The molecule has 0 bridgehead atoms. The maximum Gasteiger partial charge on any atom is 0.326 e. The van der Waals surface area contributed by atoms with Crippen LogP contribution in [0.3, 0.4) is 0 Å². The topological polar surface area (TPSA) is 673 Å². The second kappa shape index (κ2) is 40.1. The third kappa shape index (κ3) is 35.4. The molecule has 0 radical (unpaired) electrons. The molecule has 0 heterocycles. The Bertz CT molecular complexity index is 2410. The van der Waals surface area contributed by atoms with E-state index in [0.29, 0.717) is 6.42 Å². The lowest BCUT2D eigenvalue weighted by molar-refractivity contribution is -0.147. The molecule has 0 aromatic rings. The summed E-state index contributed by atoms with van der Waals surface area (Å²) in [4.78, 5) is 187. The van der Waals surface area contributed by atoms with Crippen molar-refractivity contribution in [2.45, 2.75) is 108 Å². The summed E-state index contributed by atoms with van der Waals surface area (Å²) in [6, 6.07) is -10.4. The van der Waals surface area contributed by atoms with Crippen molar-refractivity contribution in [1.82, 2.24) is 79.8 Å². The van der Waals surface area contributed by atoms with Gasteiger partial charge in [-0.3, -0.25) is 83.4 Å². The Labute approximate surface area is 478 Å². The van der Waals surface area contributed by atoms with Crippen LogP contribution in [0, 0.1) is 16.2 Å². The monoisotopic (exact) mass is 1200 g/mol. The quantitative estimate of drug-likeness (QED) is 0.0154. The Morgan fingerprint density at radius 2 is 0.690 bits per heavy atom. The molecule has 7 atom stereocenters. The zero-order chi connectivity index (χ0) is 64.1. The molecule has 0 unspecified atom stereocenters. The van der Waals surface area contributed by atoms with Crippen LogP contribution < -0.4 is 103 Å². The summed E-state index contributed by atoms with van der Waals surface area (Å²) in [5.74, 6) is -17.3. The van der Waals surface area contributed by atoms with E-state index in [1.165, 1.54) is 13.8 Å². The van der Waals surface area contributed by atoms with Gasteiger partial charge in [0.2, 0.25) is 70.9 Å². The molecule has 0 spiro atoms. The highest BCUT2D eigenvalue weighted by atomic mass is 16.4.